The van der Waals surface area contributed by atoms with Crippen LogP contribution < -0.4 is 10.6 Å². The number of rotatable bonds is 6. The summed E-state index contributed by atoms with van der Waals surface area (Å²) in [5.41, 5.74) is 0.0321. The average Bonchev–Trinajstić information content (AvgIpc) is 2.97. The molecule has 1 saturated heterocycles. The molecule has 0 spiro atoms. The molecule has 2 aromatic heterocycles. The molecule has 3 N–H and O–H groups in total. The number of hydrogen-bond donors (Lipinski definition) is 3. The summed E-state index contributed by atoms with van der Waals surface area (Å²) in [6.45, 7) is 7.25. The summed E-state index contributed by atoms with van der Waals surface area (Å²) in [5, 5.41) is 19.7. The van der Waals surface area contributed by atoms with Crippen molar-refractivity contribution in [3.8, 4) is 11.8 Å². The molecule has 1 aromatic carbocycles. The molecule has 0 radical (unpaired) electrons. The Balaban J connectivity index is 0.00000162. The van der Waals surface area contributed by atoms with Crippen LogP contribution in [0.5, 0.6) is 0 Å². The summed E-state index contributed by atoms with van der Waals surface area (Å²) in [6.07, 6.45) is -3.18. The highest BCUT2D eigenvalue weighted by molar-refractivity contribution is 6.04. The molecule has 43 heavy (non-hydrogen) atoms. The van der Waals surface area contributed by atoms with Gasteiger partial charge in [0.05, 0.1) is 5.56 Å². The standard InChI is InChI=1S/C28H28F3N7O2.CH2O2/c1-3-37-12-14-38(15-13-37)18-22-6-5-21(17-24(22)28(29,30)31)27(40)34-26-16-20(10-11-32-26)4-7-23-8-9-25(36-35-23)33-19(2)39;2-1-3/h5-6,8-11,16-17H,3,12-15,18H2,1-2H3,(H,32,34,40)(H,33,36,39);1H,(H,2,3). The number of nitrogens with one attached hydrogen (secondary N) is 2. The number of amides is 2. The number of carbonyl (C=O) groups excluding carboxylic acids is 2. The summed E-state index contributed by atoms with van der Waals surface area (Å²) < 4.78 is 41.8. The first-order chi connectivity index (χ1) is 20.5. The van der Waals surface area contributed by atoms with Crippen LogP contribution in [-0.4, -0.2) is 81.1 Å². The van der Waals surface area contributed by atoms with E-state index in [-0.39, 0.29) is 35.9 Å². The van der Waals surface area contributed by atoms with Gasteiger partial charge in [0, 0.05) is 57.0 Å². The summed E-state index contributed by atoms with van der Waals surface area (Å²) in [6, 6.07) is 9.91. The SMILES string of the molecule is CCN1CCN(Cc2ccc(C(=O)Nc3cc(C#Cc4ccc(NC(C)=O)nn4)ccn3)cc2C(F)(F)F)CC1.O=CO. The predicted molar refractivity (Wildman–Crippen MR) is 152 cm³/mol. The fraction of sp³-hybridized carbons (Fsp3) is 0.310. The van der Waals surface area contributed by atoms with Crippen molar-refractivity contribution >= 4 is 29.9 Å². The van der Waals surface area contributed by atoms with E-state index in [1.54, 1.807) is 18.2 Å². The Bertz CT molecular complexity index is 1480. The molecule has 1 aliphatic rings. The van der Waals surface area contributed by atoms with Crippen LogP contribution in [-0.2, 0) is 22.3 Å². The van der Waals surface area contributed by atoms with Gasteiger partial charge in [-0.2, -0.15) is 13.2 Å². The van der Waals surface area contributed by atoms with Gasteiger partial charge in [-0.3, -0.25) is 19.3 Å². The van der Waals surface area contributed by atoms with Crippen LogP contribution in [0.3, 0.4) is 0 Å². The van der Waals surface area contributed by atoms with Gasteiger partial charge in [0.1, 0.15) is 11.5 Å². The van der Waals surface area contributed by atoms with E-state index in [2.05, 4.69) is 49.5 Å². The van der Waals surface area contributed by atoms with Crippen LogP contribution in [0.2, 0.25) is 0 Å². The van der Waals surface area contributed by atoms with Gasteiger partial charge in [0.2, 0.25) is 5.91 Å². The zero-order valence-electron chi connectivity index (χ0n) is 23.5. The Morgan fingerprint density at radius 1 is 0.977 bits per heavy atom. The van der Waals surface area contributed by atoms with E-state index in [0.717, 1.165) is 25.7 Å². The molecule has 0 aliphatic carbocycles. The zero-order valence-corrected chi connectivity index (χ0v) is 23.5. The summed E-state index contributed by atoms with van der Waals surface area (Å²) >= 11 is 0. The van der Waals surface area contributed by atoms with Crippen LogP contribution in [0, 0.1) is 11.8 Å². The first-order valence-corrected chi connectivity index (χ1v) is 13.2. The lowest BCUT2D eigenvalue weighted by Crippen LogP contribution is -2.45. The van der Waals surface area contributed by atoms with Crippen LogP contribution in [0.25, 0.3) is 0 Å². The number of carbonyl (C=O) groups is 3. The topological polar surface area (TPSA) is 141 Å². The molecular weight excluding hydrogens is 567 g/mol. The van der Waals surface area contributed by atoms with E-state index in [1.807, 2.05) is 4.90 Å². The molecule has 0 bridgehead atoms. The molecule has 2 amide bonds. The number of piperazine rings is 1. The van der Waals surface area contributed by atoms with E-state index in [1.165, 1.54) is 31.3 Å². The van der Waals surface area contributed by atoms with Gasteiger partial charge in [-0.1, -0.05) is 18.9 Å². The largest absolute Gasteiger partial charge is 0.483 e. The van der Waals surface area contributed by atoms with Crippen LogP contribution in [0.1, 0.15) is 46.6 Å². The van der Waals surface area contributed by atoms with E-state index >= 15 is 0 Å². The van der Waals surface area contributed by atoms with Crippen molar-refractivity contribution in [3.05, 3.63) is 76.6 Å². The Morgan fingerprint density at radius 3 is 2.28 bits per heavy atom. The van der Waals surface area contributed by atoms with Crippen molar-refractivity contribution in [2.75, 3.05) is 43.4 Å². The van der Waals surface area contributed by atoms with Gasteiger partial charge < -0.3 is 20.6 Å². The molecule has 0 unspecified atom stereocenters. The number of halogens is 3. The summed E-state index contributed by atoms with van der Waals surface area (Å²) in [5.74, 6) is 5.12. The number of aromatic nitrogens is 3. The number of hydrogen-bond acceptors (Lipinski definition) is 8. The van der Waals surface area contributed by atoms with E-state index < -0.39 is 17.6 Å². The lowest BCUT2D eigenvalue weighted by Gasteiger charge is -2.34. The van der Waals surface area contributed by atoms with Gasteiger partial charge in [0.25, 0.3) is 12.4 Å². The lowest BCUT2D eigenvalue weighted by atomic mass is 10.0. The van der Waals surface area contributed by atoms with E-state index in [4.69, 9.17) is 9.90 Å². The number of alkyl halides is 3. The number of carboxylic acid groups (broad SMARTS) is 1. The zero-order chi connectivity index (χ0) is 31.4. The second-order valence-corrected chi connectivity index (χ2v) is 9.30. The highest BCUT2D eigenvalue weighted by Crippen LogP contribution is 2.33. The number of likely N-dealkylation sites (N-methyl/N-ethyl adjacent to an activating group) is 1. The Kier molecular flexibility index (Phi) is 11.7. The molecule has 11 nitrogen and oxygen atoms in total. The van der Waals surface area contributed by atoms with E-state index in [0.29, 0.717) is 30.2 Å². The monoisotopic (exact) mass is 597 g/mol. The van der Waals surface area contributed by atoms with Crippen molar-refractivity contribution in [3.63, 3.8) is 0 Å². The Hall–Kier alpha value is -4.87. The second-order valence-electron chi connectivity index (χ2n) is 9.30. The molecule has 3 heterocycles. The van der Waals surface area contributed by atoms with Crippen LogP contribution in [0.4, 0.5) is 24.8 Å². The fourth-order valence-corrected chi connectivity index (χ4v) is 4.17. The highest BCUT2D eigenvalue weighted by atomic mass is 19.4. The molecule has 0 saturated carbocycles. The van der Waals surface area contributed by atoms with Crippen molar-refractivity contribution in [2.45, 2.75) is 26.6 Å². The average molecular weight is 598 g/mol. The van der Waals surface area contributed by atoms with Gasteiger partial charge in [-0.05, 0) is 54.4 Å². The van der Waals surface area contributed by atoms with Gasteiger partial charge in [-0.25, -0.2) is 4.98 Å². The molecule has 0 atom stereocenters. The third-order valence-corrected chi connectivity index (χ3v) is 6.29. The number of benzene rings is 1. The molecule has 226 valence electrons. The minimum absolute atomic E-state index is 0.125. The minimum Gasteiger partial charge on any atom is -0.483 e. The third-order valence-electron chi connectivity index (χ3n) is 6.29. The van der Waals surface area contributed by atoms with Gasteiger partial charge >= 0.3 is 6.18 Å². The lowest BCUT2D eigenvalue weighted by molar-refractivity contribution is -0.138. The molecular formula is C29H30F3N7O4. The smallest absolute Gasteiger partial charge is 0.416 e. The summed E-state index contributed by atoms with van der Waals surface area (Å²) in [7, 11) is 0. The van der Waals surface area contributed by atoms with Crippen molar-refractivity contribution in [1.29, 1.82) is 0 Å². The first-order valence-electron chi connectivity index (χ1n) is 13.2. The highest BCUT2D eigenvalue weighted by Gasteiger charge is 2.34. The van der Waals surface area contributed by atoms with Crippen molar-refractivity contribution in [2.24, 2.45) is 0 Å². The Labute approximate surface area is 246 Å². The third kappa shape index (κ3) is 10.2. The van der Waals surface area contributed by atoms with Gasteiger partial charge in [0.15, 0.2) is 5.82 Å². The number of nitrogens with zero attached hydrogens (tertiary/aromatic N) is 5. The van der Waals surface area contributed by atoms with Gasteiger partial charge in [-0.15, -0.1) is 10.2 Å². The maximum atomic E-state index is 13.9. The minimum atomic E-state index is -4.60. The molecule has 3 aromatic rings. The number of pyridine rings is 1. The first kappa shape index (κ1) is 32.6. The molecule has 4 rings (SSSR count). The summed E-state index contributed by atoms with van der Waals surface area (Å²) in [4.78, 5) is 40.6. The normalized spacial score (nSPS) is 13.5. The fourth-order valence-electron chi connectivity index (χ4n) is 4.17. The molecule has 14 heteroatoms. The predicted octanol–water partition coefficient (Wildman–Crippen LogP) is 3.34. The Morgan fingerprint density at radius 2 is 1.67 bits per heavy atom. The van der Waals surface area contributed by atoms with Crippen molar-refractivity contribution < 1.29 is 32.7 Å². The van der Waals surface area contributed by atoms with Crippen molar-refractivity contribution in [1.82, 2.24) is 25.0 Å². The number of anilines is 2. The molecule has 1 aliphatic heterocycles. The van der Waals surface area contributed by atoms with E-state index in [9.17, 15) is 22.8 Å². The second kappa shape index (κ2) is 15.4. The maximum Gasteiger partial charge on any atom is 0.416 e. The molecule has 1 fully saturated rings. The van der Waals surface area contributed by atoms with Crippen LogP contribution >= 0.6 is 0 Å². The van der Waals surface area contributed by atoms with Crippen LogP contribution in [0.15, 0.2) is 48.7 Å². The maximum absolute atomic E-state index is 13.9. The quantitative estimate of drug-likeness (QED) is 0.288.